The van der Waals surface area contributed by atoms with E-state index in [2.05, 4.69) is 14.7 Å². The number of aromatic nitrogens is 3. The Morgan fingerprint density at radius 1 is 1.30 bits per heavy atom. The number of pyridine rings is 1. The molecule has 2 heterocycles. The van der Waals surface area contributed by atoms with E-state index in [0.717, 1.165) is 17.3 Å². The standard InChI is InChI=1S/C15H16N4O3S/c1-23(21,22)18-12-4-5-14-13(9-12)17-15(19(14)7-8-20)11-3-2-6-16-10-11/h2-6,9-10,18,20H,7-8H2,1H3. The van der Waals surface area contributed by atoms with Crippen molar-refractivity contribution in [2.75, 3.05) is 17.6 Å². The molecule has 0 amide bonds. The summed E-state index contributed by atoms with van der Waals surface area (Å²) in [5, 5.41) is 9.32. The van der Waals surface area contributed by atoms with Crippen LogP contribution in [0.2, 0.25) is 0 Å². The zero-order valence-corrected chi connectivity index (χ0v) is 13.3. The molecule has 0 aliphatic rings. The summed E-state index contributed by atoms with van der Waals surface area (Å²) < 4.78 is 27.0. The fraction of sp³-hybridized carbons (Fsp3) is 0.200. The highest BCUT2D eigenvalue weighted by Gasteiger charge is 2.13. The van der Waals surface area contributed by atoms with Crippen molar-refractivity contribution in [3.63, 3.8) is 0 Å². The minimum Gasteiger partial charge on any atom is -0.395 e. The average Bonchev–Trinajstić information content (AvgIpc) is 2.85. The van der Waals surface area contributed by atoms with E-state index in [4.69, 9.17) is 0 Å². The van der Waals surface area contributed by atoms with Gasteiger partial charge in [0, 0.05) is 24.5 Å². The summed E-state index contributed by atoms with van der Waals surface area (Å²) in [5.41, 5.74) is 2.74. The third kappa shape index (κ3) is 3.33. The predicted octanol–water partition coefficient (Wildman–Crippen LogP) is 1.46. The first-order chi connectivity index (χ1) is 11.0. The van der Waals surface area contributed by atoms with Crippen LogP contribution in [0, 0.1) is 0 Å². The van der Waals surface area contributed by atoms with Crippen LogP contribution >= 0.6 is 0 Å². The summed E-state index contributed by atoms with van der Waals surface area (Å²) >= 11 is 0. The molecule has 3 aromatic rings. The Morgan fingerprint density at radius 2 is 2.13 bits per heavy atom. The molecule has 1 aromatic carbocycles. The highest BCUT2D eigenvalue weighted by Crippen LogP contribution is 2.26. The topological polar surface area (TPSA) is 97.1 Å². The zero-order chi connectivity index (χ0) is 16.4. The molecule has 0 bridgehead atoms. The van der Waals surface area contributed by atoms with Gasteiger partial charge in [-0.3, -0.25) is 9.71 Å². The number of hydrogen-bond acceptors (Lipinski definition) is 5. The molecule has 0 saturated heterocycles. The van der Waals surface area contributed by atoms with Crippen molar-refractivity contribution in [3.8, 4) is 11.4 Å². The number of benzene rings is 1. The number of imidazole rings is 1. The van der Waals surface area contributed by atoms with Gasteiger partial charge < -0.3 is 9.67 Å². The van der Waals surface area contributed by atoms with E-state index < -0.39 is 10.0 Å². The van der Waals surface area contributed by atoms with Crippen molar-refractivity contribution in [1.82, 2.24) is 14.5 Å². The first-order valence-corrected chi connectivity index (χ1v) is 8.86. The molecule has 0 spiro atoms. The second-order valence-corrected chi connectivity index (χ2v) is 6.88. The van der Waals surface area contributed by atoms with Crippen molar-refractivity contribution in [3.05, 3.63) is 42.7 Å². The van der Waals surface area contributed by atoms with Crippen LogP contribution in [0.15, 0.2) is 42.7 Å². The second-order valence-electron chi connectivity index (χ2n) is 5.13. The number of aliphatic hydroxyl groups is 1. The highest BCUT2D eigenvalue weighted by molar-refractivity contribution is 7.92. The normalized spacial score (nSPS) is 11.7. The van der Waals surface area contributed by atoms with Gasteiger partial charge in [-0.15, -0.1) is 0 Å². The molecular formula is C15H16N4O3S. The van der Waals surface area contributed by atoms with Crippen molar-refractivity contribution in [2.24, 2.45) is 0 Å². The lowest BCUT2D eigenvalue weighted by molar-refractivity contribution is 0.278. The van der Waals surface area contributed by atoms with Gasteiger partial charge >= 0.3 is 0 Å². The van der Waals surface area contributed by atoms with Crippen molar-refractivity contribution >= 4 is 26.7 Å². The Morgan fingerprint density at radius 3 is 2.78 bits per heavy atom. The maximum absolute atomic E-state index is 11.4. The van der Waals surface area contributed by atoms with Crippen molar-refractivity contribution in [2.45, 2.75) is 6.54 Å². The lowest BCUT2D eigenvalue weighted by Gasteiger charge is -2.07. The summed E-state index contributed by atoms with van der Waals surface area (Å²) in [6, 6.07) is 8.83. The van der Waals surface area contributed by atoms with Gasteiger partial charge in [0.1, 0.15) is 5.82 Å². The Hall–Kier alpha value is -2.45. The van der Waals surface area contributed by atoms with Gasteiger partial charge in [-0.05, 0) is 30.3 Å². The largest absolute Gasteiger partial charge is 0.395 e. The molecule has 3 rings (SSSR count). The van der Waals surface area contributed by atoms with E-state index in [9.17, 15) is 13.5 Å². The summed E-state index contributed by atoms with van der Waals surface area (Å²) in [7, 11) is -3.35. The molecular weight excluding hydrogens is 316 g/mol. The van der Waals surface area contributed by atoms with E-state index in [-0.39, 0.29) is 6.61 Å². The van der Waals surface area contributed by atoms with Crippen LogP contribution in [-0.2, 0) is 16.6 Å². The molecule has 8 heteroatoms. The fourth-order valence-electron chi connectivity index (χ4n) is 2.45. The number of fused-ring (bicyclic) bond motifs is 1. The highest BCUT2D eigenvalue weighted by atomic mass is 32.2. The molecule has 0 unspecified atom stereocenters. The molecule has 0 saturated carbocycles. The van der Waals surface area contributed by atoms with Crippen LogP contribution in [-0.4, -0.2) is 40.9 Å². The van der Waals surface area contributed by atoms with Crippen LogP contribution in [0.1, 0.15) is 0 Å². The Kier molecular flexibility index (Phi) is 4.01. The predicted molar refractivity (Wildman–Crippen MR) is 88.5 cm³/mol. The van der Waals surface area contributed by atoms with Gasteiger partial charge in [-0.1, -0.05) is 0 Å². The number of hydrogen-bond donors (Lipinski definition) is 2. The molecule has 2 aromatic heterocycles. The summed E-state index contributed by atoms with van der Waals surface area (Å²) in [4.78, 5) is 8.66. The van der Waals surface area contributed by atoms with E-state index >= 15 is 0 Å². The van der Waals surface area contributed by atoms with Crippen LogP contribution in [0.4, 0.5) is 5.69 Å². The Bertz CT molecular complexity index is 936. The van der Waals surface area contributed by atoms with E-state index in [1.807, 2.05) is 16.7 Å². The smallest absolute Gasteiger partial charge is 0.229 e. The molecule has 0 radical (unpaired) electrons. The third-order valence-electron chi connectivity index (χ3n) is 3.29. The number of nitrogens with zero attached hydrogens (tertiary/aromatic N) is 3. The lowest BCUT2D eigenvalue weighted by Crippen LogP contribution is -2.09. The lowest BCUT2D eigenvalue weighted by atomic mass is 10.2. The number of anilines is 1. The van der Waals surface area contributed by atoms with Gasteiger partial charge in [-0.25, -0.2) is 13.4 Å². The Labute approximate surface area is 133 Å². The molecule has 23 heavy (non-hydrogen) atoms. The summed E-state index contributed by atoms with van der Waals surface area (Å²) in [6.07, 6.45) is 4.48. The minimum absolute atomic E-state index is 0.0257. The SMILES string of the molecule is CS(=O)(=O)Nc1ccc2c(c1)nc(-c1cccnc1)n2CCO. The van der Waals surface area contributed by atoms with Crippen molar-refractivity contribution < 1.29 is 13.5 Å². The van der Waals surface area contributed by atoms with Gasteiger partial charge in [0.05, 0.1) is 29.6 Å². The molecule has 0 atom stereocenters. The summed E-state index contributed by atoms with van der Waals surface area (Å²) in [5.74, 6) is 0.679. The minimum atomic E-state index is -3.35. The number of rotatable bonds is 5. The maximum atomic E-state index is 11.4. The van der Waals surface area contributed by atoms with Crippen LogP contribution in [0.3, 0.4) is 0 Å². The monoisotopic (exact) mass is 332 g/mol. The van der Waals surface area contributed by atoms with Gasteiger partial charge in [0.15, 0.2) is 0 Å². The Balaban J connectivity index is 2.15. The quantitative estimate of drug-likeness (QED) is 0.737. The third-order valence-corrected chi connectivity index (χ3v) is 3.90. The van der Waals surface area contributed by atoms with Crippen LogP contribution in [0.25, 0.3) is 22.4 Å². The van der Waals surface area contributed by atoms with E-state index in [1.165, 1.54) is 0 Å². The average molecular weight is 332 g/mol. The number of nitrogens with one attached hydrogen (secondary N) is 1. The van der Waals surface area contributed by atoms with Crippen LogP contribution in [0.5, 0.6) is 0 Å². The molecule has 0 aliphatic heterocycles. The molecule has 2 N–H and O–H groups in total. The first kappa shape index (κ1) is 15.4. The number of sulfonamides is 1. The maximum Gasteiger partial charge on any atom is 0.229 e. The fourth-order valence-corrected chi connectivity index (χ4v) is 3.00. The molecule has 0 fully saturated rings. The number of aliphatic hydroxyl groups excluding tert-OH is 1. The molecule has 0 aliphatic carbocycles. The van der Waals surface area contributed by atoms with E-state index in [1.54, 1.807) is 30.6 Å². The van der Waals surface area contributed by atoms with Gasteiger partial charge in [0.2, 0.25) is 10.0 Å². The second kappa shape index (κ2) is 5.98. The molecule has 7 nitrogen and oxygen atoms in total. The van der Waals surface area contributed by atoms with E-state index in [0.29, 0.717) is 23.6 Å². The van der Waals surface area contributed by atoms with Crippen LogP contribution < -0.4 is 4.72 Å². The zero-order valence-electron chi connectivity index (χ0n) is 12.5. The van der Waals surface area contributed by atoms with Crippen molar-refractivity contribution in [1.29, 1.82) is 0 Å². The van der Waals surface area contributed by atoms with Gasteiger partial charge in [0.25, 0.3) is 0 Å². The van der Waals surface area contributed by atoms with Gasteiger partial charge in [-0.2, -0.15) is 0 Å². The first-order valence-electron chi connectivity index (χ1n) is 6.97. The molecule has 120 valence electrons. The summed E-state index contributed by atoms with van der Waals surface area (Å²) in [6.45, 7) is 0.363.